The van der Waals surface area contributed by atoms with Crippen molar-refractivity contribution in [1.29, 1.82) is 0 Å². The van der Waals surface area contributed by atoms with E-state index in [-0.39, 0.29) is 11.9 Å². The molecule has 7 heteroatoms. The second kappa shape index (κ2) is 9.18. The van der Waals surface area contributed by atoms with E-state index in [1.165, 1.54) is 17.8 Å². The SMILES string of the molecule is C=C(C)N1CCN(c2ccc(OCC3COC(C)(c4ccc(F)cc4Br)O3)cc2)CC1. The molecule has 2 aliphatic rings. The Morgan fingerprint density at radius 1 is 1.19 bits per heavy atom. The van der Waals surface area contributed by atoms with Gasteiger partial charge in [-0.25, -0.2) is 4.39 Å². The fourth-order valence-electron chi connectivity index (χ4n) is 4.01. The van der Waals surface area contributed by atoms with Crippen molar-refractivity contribution in [2.24, 2.45) is 0 Å². The molecule has 0 bridgehead atoms. The predicted molar refractivity (Wildman–Crippen MR) is 123 cm³/mol. The van der Waals surface area contributed by atoms with Crippen LogP contribution >= 0.6 is 15.9 Å². The molecule has 0 spiro atoms. The van der Waals surface area contributed by atoms with E-state index >= 15 is 0 Å². The van der Waals surface area contributed by atoms with Crippen LogP contribution in [0.15, 0.2) is 59.2 Å². The fraction of sp³-hybridized carbons (Fsp3) is 0.417. The van der Waals surface area contributed by atoms with Gasteiger partial charge in [0.2, 0.25) is 0 Å². The Balaban J connectivity index is 1.30. The molecule has 2 aliphatic heterocycles. The number of rotatable bonds is 6. The summed E-state index contributed by atoms with van der Waals surface area (Å²) in [5.74, 6) is -0.446. The van der Waals surface area contributed by atoms with E-state index in [0.29, 0.717) is 17.7 Å². The molecule has 0 radical (unpaired) electrons. The predicted octanol–water partition coefficient (Wildman–Crippen LogP) is 4.91. The van der Waals surface area contributed by atoms with Crippen molar-refractivity contribution >= 4 is 21.6 Å². The monoisotopic (exact) mass is 490 g/mol. The summed E-state index contributed by atoms with van der Waals surface area (Å²) in [5.41, 5.74) is 3.08. The van der Waals surface area contributed by atoms with Gasteiger partial charge in [-0.15, -0.1) is 0 Å². The van der Waals surface area contributed by atoms with E-state index in [0.717, 1.165) is 43.2 Å². The number of halogens is 2. The molecule has 0 aromatic heterocycles. The number of allylic oxidation sites excluding steroid dienone is 1. The summed E-state index contributed by atoms with van der Waals surface area (Å²) in [5, 5.41) is 0. The van der Waals surface area contributed by atoms with Crippen molar-refractivity contribution in [3.8, 4) is 5.75 Å². The summed E-state index contributed by atoms with van der Waals surface area (Å²) >= 11 is 3.40. The standard InChI is InChI=1S/C24H28BrFN2O3/c1-17(2)27-10-12-28(13-11-27)19-5-7-20(8-6-19)29-15-21-16-30-24(3,31-21)22-9-4-18(26)14-23(22)25/h4-9,14,21H,1,10-13,15-16H2,2-3H3. The van der Waals surface area contributed by atoms with Crippen LogP contribution in [0.1, 0.15) is 19.4 Å². The van der Waals surface area contributed by atoms with Gasteiger partial charge in [0.15, 0.2) is 5.79 Å². The largest absolute Gasteiger partial charge is 0.491 e. The summed E-state index contributed by atoms with van der Waals surface area (Å²) in [4.78, 5) is 4.69. The minimum absolute atomic E-state index is 0.211. The second-order valence-electron chi connectivity index (χ2n) is 8.14. The molecule has 0 saturated carbocycles. The molecule has 4 rings (SSSR count). The Labute approximate surface area is 191 Å². The van der Waals surface area contributed by atoms with Gasteiger partial charge < -0.3 is 24.0 Å². The Bertz CT molecular complexity index is 931. The first kappa shape index (κ1) is 22.1. The lowest BCUT2D eigenvalue weighted by molar-refractivity contribution is -0.165. The Kier molecular flexibility index (Phi) is 6.55. The van der Waals surface area contributed by atoms with Crippen molar-refractivity contribution < 1.29 is 18.6 Å². The third-order valence-corrected chi connectivity index (χ3v) is 6.47. The van der Waals surface area contributed by atoms with Gasteiger partial charge in [0, 0.05) is 47.6 Å². The maximum atomic E-state index is 13.4. The highest BCUT2D eigenvalue weighted by Gasteiger charge is 2.40. The lowest BCUT2D eigenvalue weighted by atomic mass is 10.1. The number of ether oxygens (including phenoxy) is 3. The van der Waals surface area contributed by atoms with E-state index < -0.39 is 5.79 Å². The number of hydrogen-bond donors (Lipinski definition) is 0. The zero-order valence-corrected chi connectivity index (χ0v) is 19.5. The number of benzene rings is 2. The average molecular weight is 491 g/mol. The van der Waals surface area contributed by atoms with Crippen molar-refractivity contribution in [3.63, 3.8) is 0 Å². The van der Waals surface area contributed by atoms with Gasteiger partial charge in [0.25, 0.3) is 0 Å². The molecule has 2 atom stereocenters. The van der Waals surface area contributed by atoms with Crippen LogP contribution < -0.4 is 9.64 Å². The third-order valence-electron chi connectivity index (χ3n) is 5.81. The van der Waals surface area contributed by atoms with Gasteiger partial charge in [0.05, 0.1) is 6.61 Å². The summed E-state index contributed by atoms with van der Waals surface area (Å²) in [6.45, 7) is 12.7. The quantitative estimate of drug-likeness (QED) is 0.574. The minimum atomic E-state index is -0.934. The molecule has 2 unspecified atom stereocenters. The zero-order chi connectivity index (χ0) is 22.0. The first-order valence-corrected chi connectivity index (χ1v) is 11.3. The molecule has 31 heavy (non-hydrogen) atoms. The molecular weight excluding hydrogens is 463 g/mol. The lowest BCUT2D eigenvalue weighted by Gasteiger charge is -2.37. The van der Waals surface area contributed by atoms with Crippen LogP contribution in [-0.2, 0) is 15.3 Å². The number of piperazine rings is 1. The first-order valence-electron chi connectivity index (χ1n) is 10.5. The maximum absolute atomic E-state index is 13.4. The summed E-state index contributed by atoms with van der Waals surface area (Å²) < 4.78 is 32.0. The number of hydrogen-bond acceptors (Lipinski definition) is 5. The van der Waals surface area contributed by atoms with Crippen LogP contribution in [-0.4, -0.2) is 50.4 Å². The molecular formula is C24H28BrFN2O3. The van der Waals surface area contributed by atoms with Crippen LogP contribution in [0.2, 0.25) is 0 Å². The maximum Gasteiger partial charge on any atom is 0.193 e. The van der Waals surface area contributed by atoms with Gasteiger partial charge in [-0.1, -0.05) is 22.5 Å². The zero-order valence-electron chi connectivity index (χ0n) is 17.9. The third kappa shape index (κ3) is 5.05. The highest BCUT2D eigenvalue weighted by Crippen LogP contribution is 2.38. The van der Waals surface area contributed by atoms with Gasteiger partial charge in [-0.3, -0.25) is 0 Å². The Morgan fingerprint density at radius 2 is 1.90 bits per heavy atom. The van der Waals surface area contributed by atoms with Crippen LogP contribution in [0.5, 0.6) is 5.75 Å². The molecule has 2 aromatic carbocycles. The van der Waals surface area contributed by atoms with E-state index in [4.69, 9.17) is 14.2 Å². The molecule has 0 amide bonds. The van der Waals surface area contributed by atoms with Gasteiger partial charge in [0.1, 0.15) is 24.3 Å². The number of anilines is 1. The molecule has 2 heterocycles. The van der Waals surface area contributed by atoms with Crippen molar-refractivity contribution in [1.82, 2.24) is 4.90 Å². The van der Waals surface area contributed by atoms with E-state index in [2.05, 4.69) is 51.4 Å². The van der Waals surface area contributed by atoms with Crippen LogP contribution in [0.4, 0.5) is 10.1 Å². The molecule has 2 saturated heterocycles. The van der Waals surface area contributed by atoms with E-state index in [1.54, 1.807) is 6.07 Å². The molecule has 166 valence electrons. The fourth-order valence-corrected chi connectivity index (χ4v) is 4.72. The van der Waals surface area contributed by atoms with Crippen LogP contribution in [0.25, 0.3) is 0 Å². The summed E-state index contributed by atoms with van der Waals surface area (Å²) in [6, 6.07) is 12.7. The highest BCUT2D eigenvalue weighted by atomic mass is 79.9. The molecule has 0 N–H and O–H groups in total. The molecule has 5 nitrogen and oxygen atoms in total. The molecule has 0 aliphatic carbocycles. The Hall–Kier alpha value is -2.09. The minimum Gasteiger partial charge on any atom is -0.491 e. The van der Waals surface area contributed by atoms with E-state index in [9.17, 15) is 4.39 Å². The van der Waals surface area contributed by atoms with Gasteiger partial charge in [-0.2, -0.15) is 0 Å². The topological polar surface area (TPSA) is 34.2 Å². The Morgan fingerprint density at radius 3 is 2.55 bits per heavy atom. The van der Waals surface area contributed by atoms with Gasteiger partial charge in [-0.05, 0) is 56.3 Å². The van der Waals surface area contributed by atoms with Crippen molar-refractivity contribution in [2.75, 3.05) is 44.3 Å². The van der Waals surface area contributed by atoms with Gasteiger partial charge >= 0.3 is 0 Å². The molecule has 2 fully saturated rings. The summed E-state index contributed by atoms with van der Waals surface area (Å²) in [6.07, 6.45) is -0.211. The highest BCUT2D eigenvalue weighted by molar-refractivity contribution is 9.10. The average Bonchev–Trinajstić information content (AvgIpc) is 3.14. The van der Waals surface area contributed by atoms with Crippen LogP contribution in [0.3, 0.4) is 0 Å². The number of nitrogens with zero attached hydrogens (tertiary/aromatic N) is 2. The summed E-state index contributed by atoms with van der Waals surface area (Å²) in [7, 11) is 0. The lowest BCUT2D eigenvalue weighted by Crippen LogP contribution is -2.45. The second-order valence-corrected chi connectivity index (χ2v) is 8.99. The first-order chi connectivity index (χ1) is 14.8. The molecule has 2 aromatic rings. The normalized spacial score (nSPS) is 23.8. The van der Waals surface area contributed by atoms with Crippen molar-refractivity contribution in [2.45, 2.75) is 25.7 Å². The smallest absolute Gasteiger partial charge is 0.193 e. The van der Waals surface area contributed by atoms with E-state index in [1.807, 2.05) is 19.1 Å². The van der Waals surface area contributed by atoms with Crippen molar-refractivity contribution in [3.05, 3.63) is 70.6 Å². The van der Waals surface area contributed by atoms with Crippen LogP contribution in [0, 0.1) is 5.82 Å².